The van der Waals surface area contributed by atoms with Crippen molar-refractivity contribution in [2.75, 3.05) is 0 Å². The summed E-state index contributed by atoms with van der Waals surface area (Å²) in [6.07, 6.45) is 1.76. The minimum absolute atomic E-state index is 0.0409. The first-order chi connectivity index (χ1) is 7.09. The lowest BCUT2D eigenvalue weighted by Gasteiger charge is -2.05. The number of aromatic amines is 1. The van der Waals surface area contributed by atoms with Gasteiger partial charge in [-0.15, -0.1) is 0 Å². The van der Waals surface area contributed by atoms with Gasteiger partial charge in [-0.05, 0) is 24.1 Å². The Morgan fingerprint density at radius 3 is 3.00 bits per heavy atom. The third-order valence-corrected chi connectivity index (χ3v) is 2.84. The van der Waals surface area contributed by atoms with Gasteiger partial charge in [0.1, 0.15) is 0 Å². The van der Waals surface area contributed by atoms with Crippen molar-refractivity contribution in [2.24, 2.45) is 0 Å². The van der Waals surface area contributed by atoms with Crippen molar-refractivity contribution in [2.45, 2.75) is 13.3 Å². The Kier molecular flexibility index (Phi) is 2.40. The predicted octanol–water partition coefficient (Wildman–Crippen LogP) is 2.76. The zero-order valence-corrected chi connectivity index (χ0v) is 8.93. The molecule has 0 aliphatic rings. The summed E-state index contributed by atoms with van der Waals surface area (Å²) in [6.45, 7) is 1.93. The topological polar surface area (TPSA) is 53.1 Å². The lowest BCUT2D eigenvalue weighted by Crippen LogP contribution is -2.01. The molecular weight excluding hydrogens is 214 g/mol. The fraction of sp³-hybridized carbons (Fsp3) is 0.182. The average Bonchev–Trinajstić information content (AvgIpc) is 2.61. The van der Waals surface area contributed by atoms with Crippen LogP contribution in [0.3, 0.4) is 0 Å². The van der Waals surface area contributed by atoms with Crippen LogP contribution in [0.25, 0.3) is 10.9 Å². The molecule has 0 unspecified atom stereocenters. The van der Waals surface area contributed by atoms with E-state index in [1.807, 2.05) is 19.1 Å². The fourth-order valence-electron chi connectivity index (χ4n) is 1.74. The Morgan fingerprint density at radius 2 is 2.33 bits per heavy atom. The maximum absolute atomic E-state index is 10.6. The zero-order valence-electron chi connectivity index (χ0n) is 8.17. The van der Waals surface area contributed by atoms with Crippen molar-refractivity contribution in [3.05, 3.63) is 34.5 Å². The standard InChI is InChI=1S/C11H10ClNO2/c1-6-4-7(5-9(14)15)10(12)8-2-3-13-11(6)8/h2-4,13H,5H2,1H3,(H,14,15). The van der Waals surface area contributed by atoms with Crippen LogP contribution >= 0.6 is 11.6 Å². The SMILES string of the molecule is Cc1cc(CC(=O)O)c(Cl)c2cc[nH]c12. The highest BCUT2D eigenvalue weighted by molar-refractivity contribution is 6.36. The summed E-state index contributed by atoms with van der Waals surface area (Å²) in [5.74, 6) is -0.869. The van der Waals surface area contributed by atoms with Gasteiger partial charge in [0.2, 0.25) is 0 Å². The van der Waals surface area contributed by atoms with Crippen molar-refractivity contribution < 1.29 is 9.90 Å². The van der Waals surface area contributed by atoms with Crippen LogP contribution in [0.15, 0.2) is 18.3 Å². The molecule has 4 heteroatoms. The normalized spacial score (nSPS) is 10.8. The highest BCUT2D eigenvalue weighted by atomic mass is 35.5. The molecule has 0 atom stereocenters. The van der Waals surface area contributed by atoms with Gasteiger partial charge >= 0.3 is 5.97 Å². The maximum atomic E-state index is 10.6. The molecule has 1 heterocycles. The van der Waals surface area contributed by atoms with Crippen molar-refractivity contribution in [3.8, 4) is 0 Å². The molecule has 2 aromatic rings. The number of nitrogens with one attached hydrogen (secondary N) is 1. The second kappa shape index (κ2) is 3.59. The fourth-order valence-corrected chi connectivity index (χ4v) is 2.02. The number of benzene rings is 1. The van der Waals surface area contributed by atoms with Gasteiger partial charge in [0.05, 0.1) is 11.4 Å². The van der Waals surface area contributed by atoms with Crippen LogP contribution in [0, 0.1) is 6.92 Å². The van der Waals surface area contributed by atoms with Crippen molar-refractivity contribution in [1.82, 2.24) is 4.98 Å². The highest BCUT2D eigenvalue weighted by Gasteiger charge is 2.11. The molecule has 1 aromatic carbocycles. The number of hydrogen-bond acceptors (Lipinski definition) is 1. The summed E-state index contributed by atoms with van der Waals surface area (Å²) in [4.78, 5) is 13.7. The summed E-state index contributed by atoms with van der Waals surface area (Å²) in [5, 5.41) is 10.1. The number of aromatic nitrogens is 1. The first kappa shape index (κ1) is 10.1. The lowest BCUT2D eigenvalue weighted by molar-refractivity contribution is -0.136. The molecule has 1 aromatic heterocycles. The van der Waals surface area contributed by atoms with Gasteiger partial charge in [0.15, 0.2) is 0 Å². The average molecular weight is 224 g/mol. The van der Waals surface area contributed by atoms with Crippen LogP contribution in [0.4, 0.5) is 0 Å². The van der Waals surface area contributed by atoms with Gasteiger partial charge in [0, 0.05) is 17.1 Å². The van der Waals surface area contributed by atoms with E-state index >= 15 is 0 Å². The van der Waals surface area contributed by atoms with Crippen LogP contribution < -0.4 is 0 Å². The maximum Gasteiger partial charge on any atom is 0.307 e. The number of H-pyrrole nitrogens is 1. The first-order valence-corrected chi connectivity index (χ1v) is 4.94. The van der Waals surface area contributed by atoms with E-state index in [-0.39, 0.29) is 6.42 Å². The molecule has 0 aliphatic carbocycles. The quantitative estimate of drug-likeness (QED) is 0.823. The molecule has 0 fully saturated rings. The largest absolute Gasteiger partial charge is 0.481 e. The third kappa shape index (κ3) is 1.70. The number of hydrogen-bond donors (Lipinski definition) is 2. The first-order valence-electron chi connectivity index (χ1n) is 4.56. The monoisotopic (exact) mass is 223 g/mol. The number of carboxylic acids is 1. The molecule has 3 nitrogen and oxygen atoms in total. The number of aryl methyl sites for hydroxylation is 1. The number of rotatable bonds is 2. The zero-order chi connectivity index (χ0) is 11.0. The van der Waals surface area contributed by atoms with E-state index in [1.165, 1.54) is 0 Å². The van der Waals surface area contributed by atoms with Crippen LogP contribution in [0.5, 0.6) is 0 Å². The number of fused-ring (bicyclic) bond motifs is 1. The highest BCUT2D eigenvalue weighted by Crippen LogP contribution is 2.29. The lowest BCUT2D eigenvalue weighted by atomic mass is 10.1. The van der Waals surface area contributed by atoms with Gasteiger partial charge in [-0.25, -0.2) is 0 Å². The van der Waals surface area contributed by atoms with Gasteiger partial charge in [-0.2, -0.15) is 0 Å². The Hall–Kier alpha value is -1.48. The molecule has 0 saturated heterocycles. The molecular formula is C11H10ClNO2. The third-order valence-electron chi connectivity index (χ3n) is 2.39. The molecule has 78 valence electrons. The second-order valence-corrected chi connectivity index (χ2v) is 3.88. The van der Waals surface area contributed by atoms with E-state index in [4.69, 9.17) is 16.7 Å². The minimum Gasteiger partial charge on any atom is -0.481 e. The summed E-state index contributed by atoms with van der Waals surface area (Å²) < 4.78 is 0. The Balaban J connectivity index is 2.65. The molecule has 0 aliphatic heterocycles. The summed E-state index contributed by atoms with van der Waals surface area (Å²) in [5.41, 5.74) is 2.64. The van der Waals surface area contributed by atoms with Crippen molar-refractivity contribution in [1.29, 1.82) is 0 Å². The van der Waals surface area contributed by atoms with Gasteiger partial charge in [0.25, 0.3) is 0 Å². The van der Waals surface area contributed by atoms with Crippen LogP contribution in [0.2, 0.25) is 5.02 Å². The summed E-state index contributed by atoms with van der Waals surface area (Å²) in [6, 6.07) is 3.67. The van der Waals surface area contributed by atoms with Crippen LogP contribution in [-0.4, -0.2) is 16.1 Å². The van der Waals surface area contributed by atoms with Gasteiger partial charge in [-0.1, -0.05) is 17.7 Å². The Morgan fingerprint density at radius 1 is 1.60 bits per heavy atom. The van der Waals surface area contributed by atoms with E-state index in [1.54, 1.807) is 6.20 Å². The molecule has 0 radical (unpaired) electrons. The molecule has 0 spiro atoms. The van der Waals surface area contributed by atoms with E-state index < -0.39 is 5.97 Å². The van der Waals surface area contributed by atoms with Crippen molar-refractivity contribution in [3.63, 3.8) is 0 Å². The molecule has 2 rings (SSSR count). The number of carboxylic acid groups (broad SMARTS) is 1. The smallest absolute Gasteiger partial charge is 0.307 e. The van der Waals surface area contributed by atoms with E-state index in [9.17, 15) is 4.79 Å². The Labute approximate surface area is 91.7 Å². The van der Waals surface area contributed by atoms with Gasteiger partial charge in [-0.3, -0.25) is 4.79 Å². The molecule has 0 amide bonds. The van der Waals surface area contributed by atoms with E-state index in [2.05, 4.69) is 4.98 Å². The van der Waals surface area contributed by atoms with Crippen LogP contribution in [0.1, 0.15) is 11.1 Å². The van der Waals surface area contributed by atoms with Gasteiger partial charge < -0.3 is 10.1 Å². The number of aliphatic carboxylic acids is 1. The Bertz CT molecular complexity index is 531. The van der Waals surface area contributed by atoms with Crippen LogP contribution in [-0.2, 0) is 11.2 Å². The predicted molar refractivity (Wildman–Crippen MR) is 59.4 cm³/mol. The summed E-state index contributed by atoms with van der Waals surface area (Å²) >= 11 is 6.12. The van der Waals surface area contributed by atoms with E-state index in [0.717, 1.165) is 16.5 Å². The molecule has 0 bridgehead atoms. The van der Waals surface area contributed by atoms with E-state index in [0.29, 0.717) is 10.6 Å². The minimum atomic E-state index is -0.869. The number of halogens is 1. The number of carbonyl (C=O) groups is 1. The molecule has 15 heavy (non-hydrogen) atoms. The summed E-state index contributed by atoms with van der Waals surface area (Å²) in [7, 11) is 0. The second-order valence-electron chi connectivity index (χ2n) is 3.50. The molecule has 0 saturated carbocycles. The molecule has 2 N–H and O–H groups in total. The van der Waals surface area contributed by atoms with Crippen molar-refractivity contribution >= 4 is 28.5 Å².